The van der Waals surface area contributed by atoms with Gasteiger partial charge in [0.1, 0.15) is 0 Å². The molecule has 0 aliphatic carbocycles. The molecule has 0 amide bonds. The number of para-hydroxylation sites is 4. The van der Waals surface area contributed by atoms with Gasteiger partial charge in [-0.15, -0.1) is 0 Å². The monoisotopic (exact) mass is 368 g/mol. The van der Waals surface area contributed by atoms with Crippen molar-refractivity contribution in [2.24, 2.45) is 0 Å². The number of hydrogen-bond acceptors (Lipinski definition) is 4. The lowest BCUT2D eigenvalue weighted by atomic mass is 10.2. The molecule has 0 atom stereocenters. The number of fused-ring (bicyclic) bond motifs is 2. The summed E-state index contributed by atoms with van der Waals surface area (Å²) in [5.41, 5.74) is 5.41. The Morgan fingerprint density at radius 1 is 0.593 bits per heavy atom. The van der Waals surface area contributed by atoms with Crippen LogP contribution in [0.1, 0.15) is 35.1 Å². The average molecular weight is 369 g/mol. The van der Waals surface area contributed by atoms with Gasteiger partial charge in [0, 0.05) is 26.2 Å². The van der Waals surface area contributed by atoms with Crippen LogP contribution in [0, 0.1) is 0 Å². The Labute approximate surface area is 166 Å². The summed E-state index contributed by atoms with van der Waals surface area (Å²) in [6, 6.07) is 18.3. The molecule has 0 saturated carbocycles. The van der Waals surface area contributed by atoms with Crippen LogP contribution in [0.2, 0.25) is 0 Å². The van der Waals surface area contributed by atoms with E-state index < -0.39 is 0 Å². The first-order valence-electron chi connectivity index (χ1n) is 9.53. The minimum Gasteiger partial charge on any atom is -0.355 e. The largest absolute Gasteiger partial charge is 0.355 e. The number of nitrogens with zero attached hydrogens (tertiary/aromatic N) is 4. The van der Waals surface area contributed by atoms with Crippen molar-refractivity contribution < 1.29 is 0 Å². The highest BCUT2D eigenvalue weighted by molar-refractivity contribution is 5.77. The summed E-state index contributed by atoms with van der Waals surface area (Å²) in [5.74, 6) is 0. The van der Waals surface area contributed by atoms with Crippen molar-refractivity contribution in [1.82, 2.24) is 0 Å². The Morgan fingerprint density at radius 3 is 1.26 bits per heavy atom. The Hall–Kier alpha value is -2.36. The highest BCUT2D eigenvalue weighted by atomic mass is 15.4. The third kappa shape index (κ3) is 4.15. The molecule has 0 N–H and O–H groups in total. The summed E-state index contributed by atoms with van der Waals surface area (Å²) < 4.78 is 0. The van der Waals surface area contributed by atoms with E-state index in [0.717, 1.165) is 13.3 Å². The Morgan fingerprint density at radius 2 is 0.926 bits per heavy atom. The minimum atomic E-state index is 0. The summed E-state index contributed by atoms with van der Waals surface area (Å²) in [5, 5.41) is 0. The molecular weight excluding hydrogens is 332 g/mol. The van der Waals surface area contributed by atoms with Crippen LogP contribution in [-0.4, -0.2) is 39.5 Å². The minimum absolute atomic E-state index is 0. The Kier molecular flexibility index (Phi) is 6.63. The van der Waals surface area contributed by atoms with E-state index in [-0.39, 0.29) is 7.43 Å². The van der Waals surface area contributed by atoms with Gasteiger partial charge in [0.05, 0.1) is 36.1 Å². The van der Waals surface area contributed by atoms with Crippen molar-refractivity contribution in [3.05, 3.63) is 48.5 Å². The second-order valence-electron chi connectivity index (χ2n) is 7.78. The molecule has 2 aromatic carbocycles. The van der Waals surface area contributed by atoms with Crippen LogP contribution < -0.4 is 19.6 Å². The SMILES string of the molecule is C.CC(C)N1CN(C(C)C)c2ccccc21.CN1CN(C)c2ccccc21. The molecule has 2 aliphatic rings. The van der Waals surface area contributed by atoms with Gasteiger partial charge in [0.25, 0.3) is 0 Å². The van der Waals surface area contributed by atoms with Gasteiger partial charge in [-0.05, 0) is 52.0 Å². The molecule has 2 aliphatic heterocycles. The molecule has 0 spiro atoms. The molecule has 0 radical (unpaired) electrons. The van der Waals surface area contributed by atoms with Gasteiger partial charge < -0.3 is 19.6 Å². The van der Waals surface area contributed by atoms with Crippen LogP contribution in [-0.2, 0) is 0 Å². The third-order valence-electron chi connectivity index (χ3n) is 5.18. The molecule has 0 unspecified atom stereocenters. The van der Waals surface area contributed by atoms with Crippen LogP contribution >= 0.6 is 0 Å². The van der Waals surface area contributed by atoms with Crippen molar-refractivity contribution in [2.45, 2.75) is 47.2 Å². The van der Waals surface area contributed by atoms with E-state index in [4.69, 9.17) is 0 Å². The van der Waals surface area contributed by atoms with Crippen LogP contribution in [0.3, 0.4) is 0 Å². The molecule has 4 heteroatoms. The average Bonchev–Trinajstić information content (AvgIpc) is 3.15. The van der Waals surface area contributed by atoms with Crippen molar-refractivity contribution in [2.75, 3.05) is 47.0 Å². The molecule has 4 nitrogen and oxygen atoms in total. The molecule has 0 fully saturated rings. The fraction of sp³-hybridized carbons (Fsp3) is 0.478. The topological polar surface area (TPSA) is 13.0 Å². The number of rotatable bonds is 2. The maximum absolute atomic E-state index is 2.45. The van der Waals surface area contributed by atoms with Crippen molar-refractivity contribution in [3.8, 4) is 0 Å². The lowest BCUT2D eigenvalue weighted by Crippen LogP contribution is -2.38. The molecule has 4 rings (SSSR count). The maximum atomic E-state index is 2.45. The number of hydrogen-bond donors (Lipinski definition) is 0. The molecule has 2 heterocycles. The van der Waals surface area contributed by atoms with Gasteiger partial charge in [-0.25, -0.2) is 0 Å². The van der Waals surface area contributed by atoms with Crippen LogP contribution in [0.25, 0.3) is 0 Å². The standard InChI is InChI=1S/C13H20N2.C9H12N2.CH4/c1-10(2)14-9-15(11(3)4)13-8-6-5-7-12(13)14;1-10-7-11(2)9-6-4-3-5-8(9)10;/h5-8,10-11H,9H2,1-4H3;3-6H,7H2,1-2H3;1H4. The third-order valence-corrected chi connectivity index (χ3v) is 5.18. The van der Waals surface area contributed by atoms with Crippen molar-refractivity contribution >= 4 is 22.7 Å². The van der Waals surface area contributed by atoms with E-state index >= 15 is 0 Å². The predicted molar refractivity (Wildman–Crippen MR) is 121 cm³/mol. The zero-order valence-corrected chi connectivity index (χ0v) is 17.0. The smallest absolute Gasteiger partial charge is 0.0909 e. The van der Waals surface area contributed by atoms with Crippen LogP contribution in [0.15, 0.2) is 48.5 Å². The Bertz CT molecular complexity index is 681. The summed E-state index contributed by atoms with van der Waals surface area (Å²) >= 11 is 0. The van der Waals surface area contributed by atoms with Gasteiger partial charge in [-0.2, -0.15) is 0 Å². The normalized spacial score (nSPS) is 14.8. The molecule has 0 bridgehead atoms. The molecule has 0 saturated heterocycles. The first-order valence-corrected chi connectivity index (χ1v) is 9.53. The van der Waals surface area contributed by atoms with Gasteiger partial charge in [-0.1, -0.05) is 31.7 Å². The van der Waals surface area contributed by atoms with E-state index in [9.17, 15) is 0 Å². The van der Waals surface area contributed by atoms with Crippen LogP contribution in [0.5, 0.6) is 0 Å². The lowest BCUT2D eigenvalue weighted by molar-refractivity contribution is 0.641. The highest BCUT2D eigenvalue weighted by Crippen LogP contribution is 2.37. The second kappa shape index (κ2) is 8.55. The first-order chi connectivity index (χ1) is 12.4. The summed E-state index contributed by atoms with van der Waals surface area (Å²) in [6.45, 7) is 11.0. The van der Waals surface area contributed by atoms with Gasteiger partial charge in [0.15, 0.2) is 0 Å². The summed E-state index contributed by atoms with van der Waals surface area (Å²) in [6.07, 6.45) is 0. The maximum Gasteiger partial charge on any atom is 0.0909 e. The molecule has 148 valence electrons. The van der Waals surface area contributed by atoms with E-state index in [1.165, 1.54) is 22.7 Å². The quantitative estimate of drug-likeness (QED) is 0.717. The molecule has 27 heavy (non-hydrogen) atoms. The zero-order chi connectivity index (χ0) is 18.8. The summed E-state index contributed by atoms with van der Waals surface area (Å²) in [4.78, 5) is 9.40. The lowest BCUT2D eigenvalue weighted by Gasteiger charge is -2.27. The Balaban J connectivity index is 0.000000194. The van der Waals surface area contributed by atoms with Gasteiger partial charge in [0.2, 0.25) is 0 Å². The highest BCUT2D eigenvalue weighted by Gasteiger charge is 2.28. The van der Waals surface area contributed by atoms with Gasteiger partial charge in [-0.3, -0.25) is 0 Å². The predicted octanol–water partition coefficient (Wildman–Crippen LogP) is 5.25. The molecule has 2 aromatic rings. The van der Waals surface area contributed by atoms with Crippen LogP contribution in [0.4, 0.5) is 22.7 Å². The van der Waals surface area contributed by atoms with Crippen molar-refractivity contribution in [1.29, 1.82) is 0 Å². The second-order valence-corrected chi connectivity index (χ2v) is 7.78. The van der Waals surface area contributed by atoms with Gasteiger partial charge >= 0.3 is 0 Å². The fourth-order valence-electron chi connectivity index (χ4n) is 3.73. The van der Waals surface area contributed by atoms with E-state index in [1.54, 1.807) is 0 Å². The number of benzene rings is 2. The fourth-order valence-corrected chi connectivity index (χ4v) is 3.73. The van der Waals surface area contributed by atoms with E-state index in [1.807, 2.05) is 0 Å². The molecular formula is C23H36N4. The van der Waals surface area contributed by atoms with E-state index in [2.05, 4.69) is 110 Å². The zero-order valence-electron chi connectivity index (χ0n) is 17.0. The first kappa shape index (κ1) is 20.9. The summed E-state index contributed by atoms with van der Waals surface area (Å²) in [7, 11) is 4.23. The van der Waals surface area contributed by atoms with E-state index in [0.29, 0.717) is 12.1 Å². The molecule has 0 aromatic heterocycles. The number of anilines is 4. The van der Waals surface area contributed by atoms with Crippen molar-refractivity contribution in [3.63, 3.8) is 0 Å².